The molecule has 0 bridgehead atoms. The Hall–Kier alpha value is -2.27. The lowest BCUT2D eigenvalue weighted by Crippen LogP contribution is -2.22. The van der Waals surface area contributed by atoms with Crippen molar-refractivity contribution in [3.63, 3.8) is 0 Å². The van der Waals surface area contributed by atoms with Crippen molar-refractivity contribution in [3.05, 3.63) is 54.1 Å². The van der Waals surface area contributed by atoms with Gasteiger partial charge in [0.2, 0.25) is 5.91 Å². The van der Waals surface area contributed by atoms with Crippen LogP contribution in [-0.4, -0.2) is 20.7 Å². The second-order valence-electron chi connectivity index (χ2n) is 5.75. The van der Waals surface area contributed by atoms with Gasteiger partial charge >= 0.3 is 0 Å². The van der Waals surface area contributed by atoms with Crippen molar-refractivity contribution >= 4 is 34.4 Å². The summed E-state index contributed by atoms with van der Waals surface area (Å²) in [6.45, 7) is 6.84. The number of imidazole rings is 1. The largest absolute Gasteiger partial charge is 0.325 e. The molecule has 0 aliphatic carbocycles. The van der Waals surface area contributed by atoms with Crippen molar-refractivity contribution in [2.75, 3.05) is 5.32 Å². The van der Waals surface area contributed by atoms with Gasteiger partial charge in [-0.05, 0) is 50.6 Å². The highest BCUT2D eigenvalue weighted by Gasteiger charge is 2.19. The van der Waals surface area contributed by atoms with E-state index in [1.54, 1.807) is 0 Å². The van der Waals surface area contributed by atoms with Crippen LogP contribution in [0.5, 0.6) is 0 Å². The minimum Gasteiger partial charge on any atom is -0.325 e. The first-order valence-corrected chi connectivity index (χ1v) is 8.96. The standard InChI is InChI=1S/C19H21N3OS/c1-4-22-17-11-6-5-10-16(17)21-19(22)24-14(3)18(23)20-15-9-7-8-13(2)12-15/h5-12,14H,4H2,1-3H3,(H,20,23). The predicted octanol–water partition coefficient (Wildman–Crippen LogP) is 4.48. The van der Waals surface area contributed by atoms with Crippen LogP contribution in [0, 0.1) is 6.92 Å². The third-order valence-corrected chi connectivity index (χ3v) is 4.96. The third kappa shape index (κ3) is 3.46. The van der Waals surface area contributed by atoms with E-state index in [1.165, 1.54) is 11.8 Å². The Bertz CT molecular complexity index is 872. The quantitative estimate of drug-likeness (QED) is 0.697. The van der Waals surface area contributed by atoms with Gasteiger partial charge in [-0.15, -0.1) is 0 Å². The fourth-order valence-electron chi connectivity index (χ4n) is 2.63. The van der Waals surface area contributed by atoms with Crippen molar-refractivity contribution < 1.29 is 4.79 Å². The summed E-state index contributed by atoms with van der Waals surface area (Å²) in [5.74, 6) is -0.0136. The lowest BCUT2D eigenvalue weighted by molar-refractivity contribution is -0.115. The molecule has 124 valence electrons. The summed E-state index contributed by atoms with van der Waals surface area (Å²) in [6.07, 6.45) is 0. The summed E-state index contributed by atoms with van der Waals surface area (Å²) in [7, 11) is 0. The van der Waals surface area contributed by atoms with Gasteiger partial charge in [-0.1, -0.05) is 36.0 Å². The molecule has 3 aromatic rings. The number of anilines is 1. The van der Waals surface area contributed by atoms with E-state index in [0.29, 0.717) is 0 Å². The van der Waals surface area contributed by atoms with E-state index in [0.717, 1.165) is 34.0 Å². The number of thioether (sulfide) groups is 1. The maximum absolute atomic E-state index is 12.5. The molecule has 1 N–H and O–H groups in total. The molecule has 3 rings (SSSR count). The van der Waals surface area contributed by atoms with Gasteiger partial charge in [0.25, 0.3) is 0 Å². The van der Waals surface area contributed by atoms with Crippen LogP contribution in [0.1, 0.15) is 19.4 Å². The number of hydrogen-bond donors (Lipinski definition) is 1. The van der Waals surface area contributed by atoms with Crippen LogP contribution in [0.4, 0.5) is 5.69 Å². The van der Waals surface area contributed by atoms with E-state index in [-0.39, 0.29) is 11.2 Å². The summed E-state index contributed by atoms with van der Waals surface area (Å²) in [5, 5.41) is 3.63. The second-order valence-corrected chi connectivity index (χ2v) is 7.05. The summed E-state index contributed by atoms with van der Waals surface area (Å²) < 4.78 is 2.15. The van der Waals surface area contributed by atoms with Gasteiger partial charge in [0.15, 0.2) is 5.16 Å². The molecule has 1 unspecified atom stereocenters. The Morgan fingerprint density at radius 2 is 2.04 bits per heavy atom. The molecular formula is C19H21N3OS. The molecule has 1 heterocycles. The van der Waals surface area contributed by atoms with Gasteiger partial charge in [0.05, 0.1) is 16.3 Å². The number of carbonyl (C=O) groups is 1. The van der Waals surface area contributed by atoms with Crippen LogP contribution in [0.25, 0.3) is 11.0 Å². The molecule has 5 heteroatoms. The normalized spacial score (nSPS) is 12.3. The fourth-order valence-corrected chi connectivity index (χ4v) is 3.62. The Morgan fingerprint density at radius 1 is 1.25 bits per heavy atom. The molecule has 0 saturated heterocycles. The van der Waals surface area contributed by atoms with Crippen molar-refractivity contribution in [2.45, 2.75) is 37.7 Å². The van der Waals surface area contributed by atoms with Gasteiger partial charge in [-0.3, -0.25) is 4.79 Å². The Labute approximate surface area is 146 Å². The number of rotatable bonds is 5. The van der Waals surface area contributed by atoms with E-state index >= 15 is 0 Å². The minimum atomic E-state index is -0.229. The number of fused-ring (bicyclic) bond motifs is 1. The number of benzene rings is 2. The third-order valence-electron chi connectivity index (χ3n) is 3.87. The number of nitrogens with zero attached hydrogens (tertiary/aromatic N) is 2. The maximum Gasteiger partial charge on any atom is 0.237 e. The van der Waals surface area contributed by atoms with Crippen molar-refractivity contribution in [2.24, 2.45) is 0 Å². The lowest BCUT2D eigenvalue weighted by atomic mass is 10.2. The van der Waals surface area contributed by atoms with Crippen LogP contribution < -0.4 is 5.32 Å². The molecule has 0 saturated carbocycles. The average molecular weight is 339 g/mol. The van der Waals surface area contributed by atoms with Gasteiger partial charge in [0.1, 0.15) is 0 Å². The molecular weight excluding hydrogens is 318 g/mol. The molecule has 0 aliphatic heterocycles. The highest BCUT2D eigenvalue weighted by molar-refractivity contribution is 8.00. The molecule has 4 nitrogen and oxygen atoms in total. The number of nitrogens with one attached hydrogen (secondary N) is 1. The number of aryl methyl sites for hydroxylation is 2. The topological polar surface area (TPSA) is 46.9 Å². The van der Waals surface area contributed by atoms with E-state index in [4.69, 9.17) is 0 Å². The highest BCUT2D eigenvalue weighted by Crippen LogP contribution is 2.27. The molecule has 24 heavy (non-hydrogen) atoms. The lowest BCUT2D eigenvalue weighted by Gasteiger charge is -2.13. The van der Waals surface area contributed by atoms with Gasteiger partial charge in [-0.25, -0.2) is 4.98 Å². The van der Waals surface area contributed by atoms with Crippen LogP contribution in [0.3, 0.4) is 0 Å². The zero-order valence-corrected chi connectivity index (χ0v) is 14.9. The molecule has 0 spiro atoms. The first-order chi connectivity index (χ1) is 11.6. The SMILES string of the molecule is CCn1c(SC(C)C(=O)Nc2cccc(C)c2)nc2ccccc21. The molecule has 2 aromatic carbocycles. The predicted molar refractivity (Wildman–Crippen MR) is 101 cm³/mol. The molecule has 1 aromatic heterocycles. The van der Waals surface area contributed by atoms with E-state index < -0.39 is 0 Å². The zero-order valence-electron chi connectivity index (χ0n) is 14.1. The van der Waals surface area contributed by atoms with Crippen molar-refractivity contribution in [1.29, 1.82) is 0 Å². The monoisotopic (exact) mass is 339 g/mol. The van der Waals surface area contributed by atoms with E-state index in [9.17, 15) is 4.79 Å². The molecule has 1 atom stereocenters. The Kier molecular flexibility index (Phi) is 4.90. The van der Waals surface area contributed by atoms with Gasteiger partial charge < -0.3 is 9.88 Å². The minimum absolute atomic E-state index is 0.0136. The molecule has 0 fully saturated rings. The zero-order chi connectivity index (χ0) is 17.1. The first-order valence-electron chi connectivity index (χ1n) is 8.08. The summed E-state index contributed by atoms with van der Waals surface area (Å²) >= 11 is 1.49. The van der Waals surface area contributed by atoms with Crippen LogP contribution >= 0.6 is 11.8 Å². The van der Waals surface area contributed by atoms with Crippen LogP contribution in [-0.2, 0) is 11.3 Å². The van der Waals surface area contributed by atoms with Crippen molar-refractivity contribution in [1.82, 2.24) is 9.55 Å². The van der Waals surface area contributed by atoms with Crippen molar-refractivity contribution in [3.8, 4) is 0 Å². The molecule has 0 radical (unpaired) electrons. The number of amides is 1. The molecule has 0 aliphatic rings. The van der Waals surface area contributed by atoms with Crippen LogP contribution in [0.15, 0.2) is 53.7 Å². The van der Waals surface area contributed by atoms with Gasteiger partial charge in [-0.2, -0.15) is 0 Å². The number of para-hydroxylation sites is 2. The fraction of sp³-hybridized carbons (Fsp3) is 0.263. The first kappa shape index (κ1) is 16.6. The van der Waals surface area contributed by atoms with Gasteiger partial charge in [0, 0.05) is 12.2 Å². The number of aromatic nitrogens is 2. The summed E-state index contributed by atoms with van der Waals surface area (Å²) in [6, 6.07) is 15.9. The summed E-state index contributed by atoms with van der Waals surface area (Å²) in [5.41, 5.74) is 4.03. The maximum atomic E-state index is 12.5. The number of carbonyl (C=O) groups excluding carboxylic acids is 1. The average Bonchev–Trinajstić information content (AvgIpc) is 2.91. The van der Waals surface area contributed by atoms with Crippen LogP contribution in [0.2, 0.25) is 0 Å². The van der Waals surface area contributed by atoms with E-state index in [2.05, 4.69) is 27.9 Å². The second kappa shape index (κ2) is 7.09. The molecule has 1 amide bonds. The Balaban J connectivity index is 1.76. The summed E-state index contributed by atoms with van der Waals surface area (Å²) in [4.78, 5) is 17.1. The highest BCUT2D eigenvalue weighted by atomic mass is 32.2. The Morgan fingerprint density at radius 3 is 2.79 bits per heavy atom. The smallest absolute Gasteiger partial charge is 0.237 e. The van der Waals surface area contributed by atoms with E-state index in [1.807, 2.05) is 56.3 Å². The number of hydrogen-bond acceptors (Lipinski definition) is 3.